The molecule has 0 spiro atoms. The second kappa shape index (κ2) is 6.33. The summed E-state index contributed by atoms with van der Waals surface area (Å²) in [6.45, 7) is 1.18. The number of nitriles is 1. The third kappa shape index (κ3) is 3.78. The van der Waals surface area contributed by atoms with E-state index >= 15 is 0 Å². The van der Waals surface area contributed by atoms with Gasteiger partial charge in [-0.2, -0.15) is 5.26 Å². The van der Waals surface area contributed by atoms with Crippen molar-refractivity contribution >= 4 is 11.6 Å². The van der Waals surface area contributed by atoms with Gasteiger partial charge in [0.25, 0.3) is 0 Å². The van der Waals surface area contributed by atoms with Crippen LogP contribution < -0.4 is 5.32 Å². The molecule has 0 amide bonds. The summed E-state index contributed by atoms with van der Waals surface area (Å²) in [4.78, 5) is 0. The standard InChI is InChI=1S/C15H12ClFN2/c16-15-7-14(17)5-4-13(15)10-19-9-12-3-1-2-11(6-12)8-18/h1-7,19H,9-10H2. The summed E-state index contributed by atoms with van der Waals surface area (Å²) in [5.74, 6) is -0.338. The maximum Gasteiger partial charge on any atom is 0.124 e. The van der Waals surface area contributed by atoms with Crippen molar-refractivity contribution in [2.45, 2.75) is 13.1 Å². The number of rotatable bonds is 4. The Hall–Kier alpha value is -1.89. The molecular weight excluding hydrogens is 263 g/mol. The van der Waals surface area contributed by atoms with Gasteiger partial charge in [-0.05, 0) is 35.4 Å². The van der Waals surface area contributed by atoms with E-state index < -0.39 is 0 Å². The summed E-state index contributed by atoms with van der Waals surface area (Å²) in [6.07, 6.45) is 0. The van der Waals surface area contributed by atoms with Crippen LogP contribution in [0.25, 0.3) is 0 Å². The van der Waals surface area contributed by atoms with Gasteiger partial charge in [0.15, 0.2) is 0 Å². The van der Waals surface area contributed by atoms with E-state index in [-0.39, 0.29) is 5.82 Å². The van der Waals surface area contributed by atoms with Crippen LogP contribution in [0.15, 0.2) is 42.5 Å². The largest absolute Gasteiger partial charge is 0.309 e. The zero-order valence-corrected chi connectivity index (χ0v) is 10.9. The van der Waals surface area contributed by atoms with Crippen molar-refractivity contribution in [3.63, 3.8) is 0 Å². The molecule has 4 heteroatoms. The highest BCUT2D eigenvalue weighted by Gasteiger charge is 2.02. The van der Waals surface area contributed by atoms with Crippen LogP contribution in [0.4, 0.5) is 4.39 Å². The average molecular weight is 275 g/mol. The monoisotopic (exact) mass is 274 g/mol. The van der Waals surface area contributed by atoms with Crippen molar-refractivity contribution in [3.8, 4) is 6.07 Å². The Morgan fingerprint density at radius 1 is 1.16 bits per heavy atom. The second-order valence-corrected chi connectivity index (χ2v) is 4.56. The lowest BCUT2D eigenvalue weighted by Gasteiger charge is -2.07. The van der Waals surface area contributed by atoms with Gasteiger partial charge in [0.2, 0.25) is 0 Å². The highest BCUT2D eigenvalue weighted by Crippen LogP contribution is 2.17. The summed E-state index contributed by atoms with van der Waals surface area (Å²) in [5.41, 5.74) is 2.51. The fraction of sp³-hybridized carbons (Fsp3) is 0.133. The van der Waals surface area contributed by atoms with Gasteiger partial charge in [-0.15, -0.1) is 0 Å². The third-order valence-corrected chi connectivity index (χ3v) is 3.07. The van der Waals surface area contributed by atoms with E-state index in [1.165, 1.54) is 12.1 Å². The van der Waals surface area contributed by atoms with Crippen LogP contribution in [0.5, 0.6) is 0 Å². The van der Waals surface area contributed by atoms with Crippen molar-refractivity contribution in [3.05, 3.63) is 70.0 Å². The van der Waals surface area contributed by atoms with E-state index in [9.17, 15) is 4.39 Å². The van der Waals surface area contributed by atoms with Crippen molar-refractivity contribution in [1.29, 1.82) is 5.26 Å². The molecule has 2 aromatic carbocycles. The molecule has 2 aromatic rings. The minimum Gasteiger partial charge on any atom is -0.309 e. The topological polar surface area (TPSA) is 35.8 Å². The Morgan fingerprint density at radius 2 is 2.00 bits per heavy atom. The van der Waals surface area contributed by atoms with E-state index in [0.717, 1.165) is 11.1 Å². The lowest BCUT2D eigenvalue weighted by molar-refractivity contribution is 0.625. The first kappa shape index (κ1) is 13.5. The summed E-state index contributed by atoms with van der Waals surface area (Å²) >= 11 is 5.94. The number of hydrogen-bond acceptors (Lipinski definition) is 2. The molecule has 0 atom stereocenters. The lowest BCUT2D eigenvalue weighted by Crippen LogP contribution is -2.13. The summed E-state index contributed by atoms with van der Waals surface area (Å²) < 4.78 is 12.9. The highest BCUT2D eigenvalue weighted by atomic mass is 35.5. The van der Waals surface area contributed by atoms with Gasteiger partial charge in [-0.1, -0.05) is 29.8 Å². The molecule has 0 fully saturated rings. The smallest absolute Gasteiger partial charge is 0.124 e. The average Bonchev–Trinajstić information content (AvgIpc) is 2.41. The molecule has 0 aliphatic carbocycles. The fourth-order valence-corrected chi connectivity index (χ4v) is 1.99. The molecule has 0 saturated heterocycles. The Labute approximate surface area is 116 Å². The molecule has 0 heterocycles. The number of benzene rings is 2. The molecule has 0 radical (unpaired) electrons. The zero-order chi connectivity index (χ0) is 13.7. The van der Waals surface area contributed by atoms with Gasteiger partial charge in [0.05, 0.1) is 11.6 Å². The van der Waals surface area contributed by atoms with Crippen LogP contribution in [-0.2, 0) is 13.1 Å². The molecular formula is C15H12ClFN2. The van der Waals surface area contributed by atoms with Crippen molar-refractivity contribution in [2.75, 3.05) is 0 Å². The summed E-state index contributed by atoms with van der Waals surface area (Å²) in [5, 5.41) is 12.4. The molecule has 0 saturated carbocycles. The van der Waals surface area contributed by atoms with Gasteiger partial charge in [0, 0.05) is 18.1 Å². The van der Waals surface area contributed by atoms with E-state index in [1.807, 2.05) is 18.2 Å². The number of halogens is 2. The van der Waals surface area contributed by atoms with Crippen molar-refractivity contribution in [2.24, 2.45) is 0 Å². The maximum atomic E-state index is 12.9. The Balaban J connectivity index is 1.94. The normalized spacial score (nSPS) is 10.2. The second-order valence-electron chi connectivity index (χ2n) is 4.15. The van der Waals surface area contributed by atoms with Gasteiger partial charge in [-0.3, -0.25) is 0 Å². The van der Waals surface area contributed by atoms with Crippen LogP contribution in [0, 0.1) is 17.1 Å². The molecule has 0 bridgehead atoms. The molecule has 2 rings (SSSR count). The number of nitrogens with zero attached hydrogens (tertiary/aromatic N) is 1. The summed E-state index contributed by atoms with van der Waals surface area (Å²) in [7, 11) is 0. The first-order chi connectivity index (χ1) is 9.19. The lowest BCUT2D eigenvalue weighted by atomic mass is 10.1. The van der Waals surface area contributed by atoms with Gasteiger partial charge in [0.1, 0.15) is 5.82 Å². The molecule has 96 valence electrons. The van der Waals surface area contributed by atoms with Gasteiger partial charge in [-0.25, -0.2) is 4.39 Å². The SMILES string of the molecule is N#Cc1cccc(CNCc2ccc(F)cc2Cl)c1. The Bertz CT molecular complexity index is 620. The maximum absolute atomic E-state index is 12.9. The molecule has 0 unspecified atom stereocenters. The minimum atomic E-state index is -0.338. The predicted molar refractivity (Wildman–Crippen MR) is 73.1 cm³/mol. The first-order valence-corrected chi connectivity index (χ1v) is 6.20. The van der Waals surface area contributed by atoms with Crippen LogP contribution in [0.3, 0.4) is 0 Å². The van der Waals surface area contributed by atoms with E-state index in [2.05, 4.69) is 11.4 Å². The van der Waals surface area contributed by atoms with Crippen LogP contribution >= 0.6 is 11.6 Å². The van der Waals surface area contributed by atoms with E-state index in [4.69, 9.17) is 16.9 Å². The number of nitrogens with one attached hydrogen (secondary N) is 1. The fourth-order valence-electron chi connectivity index (χ4n) is 1.76. The predicted octanol–water partition coefficient (Wildman–Crippen LogP) is 3.64. The molecule has 0 aliphatic rings. The molecule has 19 heavy (non-hydrogen) atoms. The minimum absolute atomic E-state index is 0.338. The number of hydrogen-bond donors (Lipinski definition) is 1. The molecule has 1 N–H and O–H groups in total. The Kier molecular flexibility index (Phi) is 4.51. The van der Waals surface area contributed by atoms with Gasteiger partial charge >= 0.3 is 0 Å². The highest BCUT2D eigenvalue weighted by molar-refractivity contribution is 6.31. The van der Waals surface area contributed by atoms with Crippen LogP contribution in [-0.4, -0.2) is 0 Å². The van der Waals surface area contributed by atoms with Gasteiger partial charge < -0.3 is 5.32 Å². The Morgan fingerprint density at radius 3 is 2.74 bits per heavy atom. The van der Waals surface area contributed by atoms with Crippen molar-refractivity contribution in [1.82, 2.24) is 5.32 Å². The van der Waals surface area contributed by atoms with E-state index in [0.29, 0.717) is 23.7 Å². The quantitative estimate of drug-likeness (QED) is 0.924. The van der Waals surface area contributed by atoms with Crippen molar-refractivity contribution < 1.29 is 4.39 Å². The molecule has 0 aliphatic heterocycles. The third-order valence-electron chi connectivity index (χ3n) is 2.72. The van der Waals surface area contributed by atoms with E-state index in [1.54, 1.807) is 12.1 Å². The van der Waals surface area contributed by atoms with Crippen LogP contribution in [0.2, 0.25) is 5.02 Å². The van der Waals surface area contributed by atoms with Crippen LogP contribution in [0.1, 0.15) is 16.7 Å². The first-order valence-electron chi connectivity index (χ1n) is 5.83. The molecule has 0 aromatic heterocycles. The summed E-state index contributed by atoms with van der Waals surface area (Å²) in [6, 6.07) is 13.8. The zero-order valence-electron chi connectivity index (χ0n) is 10.2. The molecule has 2 nitrogen and oxygen atoms in total.